The van der Waals surface area contributed by atoms with Crippen LogP contribution in [0.4, 0.5) is 11.5 Å². The summed E-state index contributed by atoms with van der Waals surface area (Å²) >= 11 is 0. The zero-order valence-corrected chi connectivity index (χ0v) is 18.7. The lowest BCUT2D eigenvalue weighted by Gasteiger charge is -2.24. The van der Waals surface area contributed by atoms with Gasteiger partial charge in [-0.25, -0.2) is 4.79 Å². The number of nitrogens with two attached hydrogens (primary N) is 1. The third-order valence-corrected chi connectivity index (χ3v) is 4.91. The molecular formula is C23H28N4O6. The average molecular weight is 456 g/mol. The fourth-order valence-electron chi connectivity index (χ4n) is 3.29. The second-order valence-electron chi connectivity index (χ2n) is 7.23. The number of hydrogen-bond acceptors (Lipinski definition) is 7. The van der Waals surface area contributed by atoms with Crippen LogP contribution in [0.15, 0.2) is 56.7 Å². The van der Waals surface area contributed by atoms with Gasteiger partial charge >= 0.3 is 5.69 Å². The summed E-state index contributed by atoms with van der Waals surface area (Å²) in [5.41, 5.74) is 4.70. The summed E-state index contributed by atoms with van der Waals surface area (Å²) in [5, 5.41) is 0. The van der Waals surface area contributed by atoms with Gasteiger partial charge in [-0.1, -0.05) is 25.5 Å². The van der Waals surface area contributed by atoms with Gasteiger partial charge in [0.1, 0.15) is 11.6 Å². The molecule has 3 aromatic rings. The maximum Gasteiger partial charge on any atom is 0.330 e. The molecule has 3 rings (SSSR count). The molecule has 2 heterocycles. The lowest BCUT2D eigenvalue weighted by molar-refractivity contribution is -0.120. The van der Waals surface area contributed by atoms with Crippen molar-refractivity contribution in [2.45, 2.75) is 39.8 Å². The van der Waals surface area contributed by atoms with Crippen molar-refractivity contribution in [2.75, 3.05) is 23.8 Å². The van der Waals surface area contributed by atoms with E-state index >= 15 is 0 Å². The van der Waals surface area contributed by atoms with Gasteiger partial charge in [-0.3, -0.25) is 24.0 Å². The summed E-state index contributed by atoms with van der Waals surface area (Å²) in [6.45, 7) is 4.10. The number of unbranched alkanes of at least 4 members (excludes halogenated alkanes) is 1. The topological polar surface area (TPSA) is 133 Å². The first kappa shape index (κ1) is 23.7. The number of H-pyrrole nitrogens is 1. The number of nitrogens with one attached hydrogen (secondary N) is 1. The van der Waals surface area contributed by atoms with Gasteiger partial charge in [-0.15, -0.1) is 0 Å². The predicted octanol–water partition coefficient (Wildman–Crippen LogP) is 2.52. The summed E-state index contributed by atoms with van der Waals surface area (Å²) < 4.78 is 17.9. The van der Waals surface area contributed by atoms with Crippen LogP contribution in [0, 0.1) is 0 Å². The van der Waals surface area contributed by atoms with Crippen molar-refractivity contribution in [3.8, 4) is 11.5 Å². The Balaban J connectivity index is 1.95. The molecule has 10 nitrogen and oxygen atoms in total. The third-order valence-electron chi connectivity index (χ3n) is 4.91. The highest BCUT2D eigenvalue weighted by molar-refractivity contribution is 5.96. The van der Waals surface area contributed by atoms with Crippen LogP contribution < -0.4 is 31.4 Å². The van der Waals surface area contributed by atoms with Gasteiger partial charge in [0, 0.05) is 6.54 Å². The number of amides is 1. The van der Waals surface area contributed by atoms with E-state index in [4.69, 9.17) is 19.6 Å². The number of nitrogens with zero attached hydrogens (tertiary/aromatic N) is 2. The zero-order chi connectivity index (χ0) is 23.8. The Kier molecular flexibility index (Phi) is 7.96. The molecule has 0 atom stereocenters. The molecule has 1 aromatic carbocycles. The van der Waals surface area contributed by atoms with Gasteiger partial charge in [0.15, 0.2) is 23.8 Å². The number of aromatic amines is 1. The summed E-state index contributed by atoms with van der Waals surface area (Å²) in [5.74, 6) is 0.682. The van der Waals surface area contributed by atoms with Crippen molar-refractivity contribution >= 4 is 17.4 Å². The first-order valence-corrected chi connectivity index (χ1v) is 10.8. The lowest BCUT2D eigenvalue weighted by atomic mass is 10.3. The average Bonchev–Trinajstić information content (AvgIpc) is 3.31. The minimum atomic E-state index is -0.764. The van der Waals surface area contributed by atoms with E-state index in [0.29, 0.717) is 36.8 Å². The van der Waals surface area contributed by atoms with Crippen molar-refractivity contribution in [2.24, 2.45) is 0 Å². The highest BCUT2D eigenvalue weighted by atomic mass is 16.5. The Hall–Kier alpha value is -3.95. The second-order valence-corrected chi connectivity index (χ2v) is 7.23. The van der Waals surface area contributed by atoms with E-state index in [2.05, 4.69) is 4.98 Å². The number of carbonyl (C=O) groups excluding carboxylic acids is 1. The van der Waals surface area contributed by atoms with Crippen LogP contribution in [0.1, 0.15) is 32.4 Å². The number of carbonyl (C=O) groups is 1. The minimum Gasteiger partial charge on any atom is -0.490 e. The molecule has 0 saturated heterocycles. The fourth-order valence-corrected chi connectivity index (χ4v) is 3.29. The van der Waals surface area contributed by atoms with E-state index < -0.39 is 23.8 Å². The molecule has 0 unspecified atom stereocenters. The number of benzene rings is 1. The van der Waals surface area contributed by atoms with Crippen molar-refractivity contribution in [3.05, 3.63) is 69.3 Å². The van der Waals surface area contributed by atoms with E-state index in [-0.39, 0.29) is 18.1 Å². The molecule has 10 heteroatoms. The molecule has 3 N–H and O–H groups in total. The van der Waals surface area contributed by atoms with Gasteiger partial charge in [0.2, 0.25) is 0 Å². The Bertz CT molecular complexity index is 1180. The van der Waals surface area contributed by atoms with Crippen LogP contribution in [0.25, 0.3) is 0 Å². The number of hydrogen-bond donors (Lipinski definition) is 2. The van der Waals surface area contributed by atoms with Crippen molar-refractivity contribution < 1.29 is 18.7 Å². The maximum absolute atomic E-state index is 13.2. The number of anilines is 2. The molecule has 1 amide bonds. The van der Waals surface area contributed by atoms with E-state index in [9.17, 15) is 14.4 Å². The van der Waals surface area contributed by atoms with Gasteiger partial charge in [0.05, 0.1) is 19.4 Å². The number of furan rings is 1. The quantitative estimate of drug-likeness (QED) is 0.453. The van der Waals surface area contributed by atoms with E-state index in [0.717, 1.165) is 11.3 Å². The Morgan fingerprint density at radius 1 is 1.12 bits per heavy atom. The van der Waals surface area contributed by atoms with Gasteiger partial charge in [-0.05, 0) is 37.6 Å². The number of nitrogen functional groups attached to an aromatic ring is 1. The summed E-state index contributed by atoms with van der Waals surface area (Å²) in [6.07, 6.45) is 2.96. The molecule has 0 bridgehead atoms. The molecule has 0 aliphatic heterocycles. The SMILES string of the molecule is CCCCn1c(N)c(N(Cc2ccco2)C(=O)COc2ccccc2OCC)c(=O)[nH]c1=O. The summed E-state index contributed by atoms with van der Waals surface area (Å²) in [4.78, 5) is 41.7. The number of ether oxygens (including phenoxy) is 2. The summed E-state index contributed by atoms with van der Waals surface area (Å²) in [6, 6.07) is 10.3. The fraction of sp³-hybridized carbons (Fsp3) is 0.348. The van der Waals surface area contributed by atoms with Crippen LogP contribution in [-0.2, 0) is 17.9 Å². The van der Waals surface area contributed by atoms with Gasteiger partial charge in [0.25, 0.3) is 11.5 Å². The molecule has 2 aromatic heterocycles. The second kappa shape index (κ2) is 11.1. The predicted molar refractivity (Wildman–Crippen MR) is 124 cm³/mol. The number of para-hydroxylation sites is 2. The highest BCUT2D eigenvalue weighted by Gasteiger charge is 2.26. The smallest absolute Gasteiger partial charge is 0.330 e. The first-order valence-electron chi connectivity index (χ1n) is 10.8. The molecule has 33 heavy (non-hydrogen) atoms. The monoisotopic (exact) mass is 456 g/mol. The number of aromatic nitrogens is 2. The third kappa shape index (κ3) is 5.65. The van der Waals surface area contributed by atoms with Crippen LogP contribution in [0.5, 0.6) is 11.5 Å². The highest BCUT2D eigenvalue weighted by Crippen LogP contribution is 2.27. The maximum atomic E-state index is 13.2. The van der Waals surface area contributed by atoms with Gasteiger partial charge in [-0.2, -0.15) is 0 Å². The molecule has 0 fully saturated rings. The normalized spacial score (nSPS) is 10.7. The van der Waals surface area contributed by atoms with Crippen LogP contribution >= 0.6 is 0 Å². The van der Waals surface area contributed by atoms with E-state index in [1.54, 1.807) is 36.4 Å². The molecular weight excluding hydrogens is 428 g/mol. The Morgan fingerprint density at radius 3 is 2.48 bits per heavy atom. The van der Waals surface area contributed by atoms with E-state index in [1.807, 2.05) is 13.8 Å². The Morgan fingerprint density at radius 2 is 1.85 bits per heavy atom. The molecule has 0 saturated carbocycles. The molecule has 0 aliphatic rings. The first-order chi connectivity index (χ1) is 16.0. The van der Waals surface area contributed by atoms with E-state index in [1.165, 1.54) is 10.8 Å². The van der Waals surface area contributed by atoms with Gasteiger partial charge < -0.3 is 19.6 Å². The molecule has 0 radical (unpaired) electrons. The lowest BCUT2D eigenvalue weighted by Crippen LogP contribution is -2.42. The largest absolute Gasteiger partial charge is 0.490 e. The molecule has 176 valence electrons. The van der Waals surface area contributed by atoms with Crippen LogP contribution in [0.2, 0.25) is 0 Å². The number of rotatable bonds is 11. The molecule has 0 spiro atoms. The summed E-state index contributed by atoms with van der Waals surface area (Å²) in [7, 11) is 0. The molecule has 0 aliphatic carbocycles. The van der Waals surface area contributed by atoms with Crippen molar-refractivity contribution in [1.29, 1.82) is 0 Å². The van der Waals surface area contributed by atoms with Crippen molar-refractivity contribution in [3.63, 3.8) is 0 Å². The standard InChI is InChI=1S/C23H28N4O6/c1-3-5-12-26-21(24)20(22(29)25-23(26)30)27(14-16-9-8-13-32-16)19(28)15-33-18-11-7-6-10-17(18)31-4-2/h6-11,13H,3-5,12,14-15,24H2,1-2H3,(H,25,29,30). The Labute approximate surface area is 190 Å². The minimum absolute atomic E-state index is 0.0679. The van der Waals surface area contributed by atoms with Crippen LogP contribution in [-0.4, -0.2) is 28.7 Å². The van der Waals surface area contributed by atoms with Crippen LogP contribution in [0.3, 0.4) is 0 Å². The van der Waals surface area contributed by atoms with Crippen molar-refractivity contribution in [1.82, 2.24) is 9.55 Å². The zero-order valence-electron chi connectivity index (χ0n) is 18.7.